The molecule has 1 aliphatic heterocycles. The first kappa shape index (κ1) is 20.5. The van der Waals surface area contributed by atoms with Crippen LogP contribution in [0.2, 0.25) is 0 Å². The van der Waals surface area contributed by atoms with Crippen LogP contribution in [-0.4, -0.2) is 28.5 Å². The Morgan fingerprint density at radius 1 is 1.25 bits per heavy atom. The summed E-state index contributed by atoms with van der Waals surface area (Å²) in [7, 11) is 0. The summed E-state index contributed by atoms with van der Waals surface area (Å²) in [6.07, 6.45) is 3.25. The zero-order valence-corrected chi connectivity index (χ0v) is 18.6. The molecule has 1 atom stereocenters. The SMILES string of the molecule is Cc1ccc(-n2c(N3CCC[C@@H](C(=O)NCc4ccco4)C3)nc3ccsc3c2=O)cc1. The lowest BCUT2D eigenvalue weighted by Crippen LogP contribution is -2.45. The fraction of sp³-hybridized carbons (Fsp3) is 0.292. The summed E-state index contributed by atoms with van der Waals surface area (Å²) in [5.74, 6) is 1.13. The summed E-state index contributed by atoms with van der Waals surface area (Å²) in [4.78, 5) is 33.2. The summed E-state index contributed by atoms with van der Waals surface area (Å²) in [5.41, 5.74) is 2.53. The number of anilines is 1. The van der Waals surface area contributed by atoms with Gasteiger partial charge in [0.05, 0.1) is 29.9 Å². The number of piperidine rings is 1. The molecule has 1 amide bonds. The quantitative estimate of drug-likeness (QED) is 0.501. The highest BCUT2D eigenvalue weighted by atomic mass is 32.1. The van der Waals surface area contributed by atoms with E-state index in [0.717, 1.165) is 36.4 Å². The number of aryl methyl sites for hydroxylation is 1. The van der Waals surface area contributed by atoms with Crippen LogP contribution in [0, 0.1) is 12.8 Å². The Morgan fingerprint density at radius 3 is 2.88 bits per heavy atom. The number of benzene rings is 1. The Labute approximate surface area is 189 Å². The molecule has 0 bridgehead atoms. The number of aromatic nitrogens is 2. The third kappa shape index (κ3) is 3.93. The topological polar surface area (TPSA) is 80.4 Å². The maximum Gasteiger partial charge on any atom is 0.277 e. The number of thiophene rings is 1. The first-order valence-corrected chi connectivity index (χ1v) is 11.6. The number of hydrogen-bond acceptors (Lipinski definition) is 6. The maximum atomic E-state index is 13.4. The number of hydrogen-bond donors (Lipinski definition) is 1. The van der Waals surface area contributed by atoms with Crippen molar-refractivity contribution < 1.29 is 9.21 Å². The molecule has 0 spiro atoms. The first-order chi connectivity index (χ1) is 15.6. The Hall–Kier alpha value is -3.39. The molecule has 3 aromatic heterocycles. The molecule has 7 nitrogen and oxygen atoms in total. The van der Waals surface area contributed by atoms with Crippen LogP contribution in [0.15, 0.2) is 63.3 Å². The summed E-state index contributed by atoms with van der Waals surface area (Å²) < 4.78 is 7.63. The van der Waals surface area contributed by atoms with Crippen LogP contribution in [0.4, 0.5) is 5.95 Å². The number of nitrogens with zero attached hydrogens (tertiary/aromatic N) is 3. The van der Waals surface area contributed by atoms with Crippen LogP contribution in [0.1, 0.15) is 24.2 Å². The Kier molecular flexibility index (Phi) is 5.53. The van der Waals surface area contributed by atoms with E-state index in [-0.39, 0.29) is 17.4 Å². The molecule has 0 unspecified atom stereocenters. The number of carbonyl (C=O) groups is 1. The van der Waals surface area contributed by atoms with Crippen LogP contribution in [-0.2, 0) is 11.3 Å². The Bertz CT molecular complexity index is 1290. The molecule has 0 aliphatic carbocycles. The van der Waals surface area contributed by atoms with Crippen LogP contribution in [0.5, 0.6) is 0 Å². The van der Waals surface area contributed by atoms with Gasteiger partial charge in [0.2, 0.25) is 11.9 Å². The molecule has 1 fully saturated rings. The van der Waals surface area contributed by atoms with E-state index in [4.69, 9.17) is 9.40 Å². The van der Waals surface area contributed by atoms with Gasteiger partial charge in [-0.3, -0.25) is 9.59 Å². The zero-order chi connectivity index (χ0) is 22.1. The molecule has 0 saturated carbocycles. The maximum absolute atomic E-state index is 13.4. The third-order valence-electron chi connectivity index (χ3n) is 5.85. The molecule has 0 radical (unpaired) electrons. The third-order valence-corrected chi connectivity index (χ3v) is 6.74. The van der Waals surface area contributed by atoms with Gasteiger partial charge < -0.3 is 14.6 Å². The molecule has 1 N–H and O–H groups in total. The van der Waals surface area contributed by atoms with Gasteiger partial charge in [-0.15, -0.1) is 11.3 Å². The minimum atomic E-state index is -0.180. The van der Waals surface area contributed by atoms with Crippen molar-refractivity contribution in [1.29, 1.82) is 0 Å². The van der Waals surface area contributed by atoms with Gasteiger partial charge in [0, 0.05) is 13.1 Å². The van der Waals surface area contributed by atoms with Gasteiger partial charge in [0.1, 0.15) is 10.5 Å². The van der Waals surface area contributed by atoms with Crippen molar-refractivity contribution in [3.8, 4) is 5.69 Å². The van der Waals surface area contributed by atoms with E-state index in [1.807, 2.05) is 48.7 Å². The highest BCUT2D eigenvalue weighted by Crippen LogP contribution is 2.26. The van der Waals surface area contributed by atoms with Gasteiger partial charge in [-0.25, -0.2) is 9.55 Å². The molecule has 164 valence electrons. The molecule has 32 heavy (non-hydrogen) atoms. The van der Waals surface area contributed by atoms with Crippen molar-refractivity contribution >= 4 is 33.4 Å². The van der Waals surface area contributed by atoms with E-state index in [2.05, 4.69) is 10.2 Å². The second-order valence-corrected chi connectivity index (χ2v) is 9.02. The van der Waals surface area contributed by atoms with Crippen molar-refractivity contribution in [3.05, 3.63) is 75.8 Å². The number of carbonyl (C=O) groups excluding carboxylic acids is 1. The zero-order valence-electron chi connectivity index (χ0n) is 17.8. The molecule has 1 aliphatic rings. The average Bonchev–Trinajstić information content (AvgIpc) is 3.50. The molecule has 1 aromatic carbocycles. The van der Waals surface area contributed by atoms with E-state index >= 15 is 0 Å². The number of fused-ring (bicyclic) bond motifs is 1. The summed E-state index contributed by atoms with van der Waals surface area (Å²) in [6, 6.07) is 13.4. The predicted octanol–water partition coefficient (Wildman–Crippen LogP) is 3.88. The van der Waals surface area contributed by atoms with Gasteiger partial charge in [-0.1, -0.05) is 17.7 Å². The smallest absolute Gasteiger partial charge is 0.277 e. The lowest BCUT2D eigenvalue weighted by molar-refractivity contribution is -0.125. The van der Waals surface area contributed by atoms with E-state index in [0.29, 0.717) is 29.3 Å². The molecule has 4 aromatic rings. The molecule has 1 saturated heterocycles. The molecular weight excluding hydrogens is 424 g/mol. The number of amides is 1. The van der Waals surface area contributed by atoms with Gasteiger partial charge in [-0.2, -0.15) is 0 Å². The monoisotopic (exact) mass is 448 g/mol. The lowest BCUT2D eigenvalue weighted by Gasteiger charge is -2.34. The van der Waals surface area contributed by atoms with Crippen LogP contribution >= 0.6 is 11.3 Å². The Morgan fingerprint density at radius 2 is 2.09 bits per heavy atom. The van der Waals surface area contributed by atoms with E-state index in [1.54, 1.807) is 16.9 Å². The average molecular weight is 449 g/mol. The van der Waals surface area contributed by atoms with Crippen molar-refractivity contribution in [2.75, 3.05) is 18.0 Å². The summed E-state index contributed by atoms with van der Waals surface area (Å²) >= 11 is 1.40. The molecular formula is C24H24N4O3S. The minimum absolute atomic E-state index is 0.00746. The number of nitrogens with one attached hydrogen (secondary N) is 1. The normalized spacial score (nSPS) is 16.4. The van der Waals surface area contributed by atoms with Crippen molar-refractivity contribution in [2.45, 2.75) is 26.3 Å². The second kappa shape index (κ2) is 8.63. The molecule has 4 heterocycles. The predicted molar refractivity (Wildman–Crippen MR) is 125 cm³/mol. The number of furan rings is 1. The summed E-state index contributed by atoms with van der Waals surface area (Å²) in [6.45, 7) is 3.65. The first-order valence-electron chi connectivity index (χ1n) is 10.7. The van der Waals surface area contributed by atoms with Gasteiger partial charge in [0.15, 0.2) is 0 Å². The highest BCUT2D eigenvalue weighted by Gasteiger charge is 2.29. The van der Waals surface area contributed by atoms with Gasteiger partial charge >= 0.3 is 0 Å². The van der Waals surface area contributed by atoms with Gasteiger partial charge in [-0.05, 0) is 55.5 Å². The largest absolute Gasteiger partial charge is 0.467 e. The van der Waals surface area contributed by atoms with E-state index in [1.165, 1.54) is 11.3 Å². The fourth-order valence-electron chi connectivity index (χ4n) is 4.14. The molecule has 5 rings (SSSR count). The van der Waals surface area contributed by atoms with Crippen LogP contribution in [0.3, 0.4) is 0 Å². The van der Waals surface area contributed by atoms with Crippen molar-refractivity contribution in [2.24, 2.45) is 5.92 Å². The van der Waals surface area contributed by atoms with Crippen LogP contribution < -0.4 is 15.8 Å². The minimum Gasteiger partial charge on any atom is -0.467 e. The van der Waals surface area contributed by atoms with E-state index < -0.39 is 0 Å². The van der Waals surface area contributed by atoms with Crippen LogP contribution in [0.25, 0.3) is 15.9 Å². The van der Waals surface area contributed by atoms with Gasteiger partial charge in [0.25, 0.3) is 5.56 Å². The second-order valence-electron chi connectivity index (χ2n) is 8.11. The van der Waals surface area contributed by atoms with Crippen molar-refractivity contribution in [1.82, 2.24) is 14.9 Å². The fourth-order valence-corrected chi connectivity index (χ4v) is 4.90. The summed E-state index contributed by atoms with van der Waals surface area (Å²) in [5, 5.41) is 4.86. The molecule has 8 heteroatoms. The van der Waals surface area contributed by atoms with Crippen molar-refractivity contribution in [3.63, 3.8) is 0 Å². The highest BCUT2D eigenvalue weighted by molar-refractivity contribution is 7.17. The Balaban J connectivity index is 1.46. The number of rotatable bonds is 5. The van der Waals surface area contributed by atoms with E-state index in [9.17, 15) is 9.59 Å². The standard InChI is InChI=1S/C24H24N4O3S/c1-16-6-8-18(9-7-16)28-23(30)21-20(10-13-32-21)26-24(28)27-11-2-4-17(15-27)22(29)25-14-19-5-3-12-31-19/h3,5-10,12-13,17H,2,4,11,14-15H2,1H3,(H,25,29)/t17-/m1/s1. The lowest BCUT2D eigenvalue weighted by atomic mass is 9.97.